The average Bonchev–Trinajstić information content (AvgIpc) is 2.73. The Kier molecular flexibility index (Phi) is 3.63. The molecule has 2 rings (SSSR count). The first-order chi connectivity index (χ1) is 9.45. The molecule has 0 bridgehead atoms. The van der Waals surface area contributed by atoms with Crippen LogP contribution < -0.4 is 0 Å². The summed E-state index contributed by atoms with van der Waals surface area (Å²) < 4.78 is 32.4. The number of nitrogens with one attached hydrogen (secondary N) is 1. The maximum absolute atomic E-state index is 12.7. The first-order valence-corrected chi connectivity index (χ1v) is 7.86. The lowest BCUT2D eigenvalue weighted by atomic mass is 10.0. The molecule has 0 atom stereocenters. The van der Waals surface area contributed by atoms with E-state index in [-0.39, 0.29) is 18.7 Å². The molecule has 1 fully saturated rings. The van der Waals surface area contributed by atoms with E-state index in [9.17, 15) is 13.2 Å². The lowest BCUT2D eigenvalue weighted by molar-refractivity contribution is -0.163. The van der Waals surface area contributed by atoms with E-state index in [1.165, 1.54) is 4.31 Å². The summed E-state index contributed by atoms with van der Waals surface area (Å²) in [4.78, 5) is 11.1. The molecular formula is C12H19N3O5S. The SMILES string of the molecule is CC1(C)CN(S(=O)(=O)c2[nH]ncc2C(=O)O)CC(C)(C)O1. The van der Waals surface area contributed by atoms with Crippen LogP contribution in [-0.4, -0.2) is 58.3 Å². The van der Waals surface area contributed by atoms with Crippen LogP contribution in [0, 0.1) is 0 Å². The summed E-state index contributed by atoms with van der Waals surface area (Å²) in [6.45, 7) is 7.44. The van der Waals surface area contributed by atoms with Gasteiger partial charge >= 0.3 is 5.97 Å². The van der Waals surface area contributed by atoms with Crippen LogP contribution in [0.2, 0.25) is 0 Å². The summed E-state index contributed by atoms with van der Waals surface area (Å²) in [6.07, 6.45) is 0.992. The molecule has 0 amide bonds. The highest BCUT2D eigenvalue weighted by Gasteiger charge is 2.44. The van der Waals surface area contributed by atoms with E-state index < -0.39 is 32.2 Å². The predicted octanol–water partition coefficient (Wildman–Crippen LogP) is 0.686. The van der Waals surface area contributed by atoms with Gasteiger partial charge in [-0.05, 0) is 27.7 Å². The monoisotopic (exact) mass is 317 g/mol. The number of hydrogen-bond donors (Lipinski definition) is 2. The number of aromatic amines is 1. The number of hydrogen-bond acceptors (Lipinski definition) is 5. The summed E-state index contributed by atoms with van der Waals surface area (Å²) >= 11 is 0. The third-order valence-corrected chi connectivity index (χ3v) is 4.86. The summed E-state index contributed by atoms with van der Waals surface area (Å²) in [5, 5.41) is 14.5. The summed E-state index contributed by atoms with van der Waals surface area (Å²) in [5.41, 5.74) is -1.70. The fourth-order valence-corrected chi connectivity index (χ4v) is 4.45. The zero-order valence-electron chi connectivity index (χ0n) is 12.4. The molecule has 0 aromatic carbocycles. The third-order valence-electron chi connectivity index (χ3n) is 3.10. The van der Waals surface area contributed by atoms with Crippen molar-refractivity contribution in [3.63, 3.8) is 0 Å². The molecule has 1 aromatic rings. The maximum Gasteiger partial charge on any atom is 0.340 e. The number of rotatable bonds is 3. The molecule has 0 aliphatic carbocycles. The van der Waals surface area contributed by atoms with E-state index in [1.807, 2.05) is 0 Å². The molecule has 0 saturated carbocycles. The molecule has 21 heavy (non-hydrogen) atoms. The van der Waals surface area contributed by atoms with Crippen molar-refractivity contribution in [2.75, 3.05) is 13.1 Å². The number of ether oxygens (including phenoxy) is 1. The second-order valence-corrected chi connectivity index (χ2v) is 8.19. The molecule has 2 heterocycles. The lowest BCUT2D eigenvalue weighted by Crippen LogP contribution is -2.58. The van der Waals surface area contributed by atoms with Gasteiger partial charge in [-0.1, -0.05) is 0 Å². The number of morpholine rings is 1. The van der Waals surface area contributed by atoms with Crippen LogP contribution in [0.5, 0.6) is 0 Å². The van der Waals surface area contributed by atoms with Crippen LogP contribution in [-0.2, 0) is 14.8 Å². The second-order valence-electron chi connectivity index (χ2n) is 6.31. The smallest absolute Gasteiger partial charge is 0.340 e. The Morgan fingerprint density at radius 1 is 1.33 bits per heavy atom. The minimum atomic E-state index is -3.98. The molecule has 8 nitrogen and oxygen atoms in total. The molecule has 118 valence electrons. The first-order valence-electron chi connectivity index (χ1n) is 6.42. The lowest BCUT2D eigenvalue weighted by Gasteiger charge is -2.46. The van der Waals surface area contributed by atoms with Gasteiger partial charge in [0.2, 0.25) is 0 Å². The zero-order valence-corrected chi connectivity index (χ0v) is 13.2. The van der Waals surface area contributed by atoms with Crippen LogP contribution >= 0.6 is 0 Å². The van der Waals surface area contributed by atoms with Gasteiger partial charge in [-0.2, -0.15) is 9.40 Å². The van der Waals surface area contributed by atoms with E-state index in [0.717, 1.165) is 6.20 Å². The van der Waals surface area contributed by atoms with Crippen LogP contribution in [0.25, 0.3) is 0 Å². The number of sulfonamides is 1. The van der Waals surface area contributed by atoms with Crippen molar-refractivity contribution >= 4 is 16.0 Å². The van der Waals surface area contributed by atoms with Gasteiger partial charge in [0.1, 0.15) is 5.56 Å². The van der Waals surface area contributed by atoms with E-state index in [4.69, 9.17) is 9.84 Å². The van der Waals surface area contributed by atoms with Crippen molar-refractivity contribution in [2.24, 2.45) is 0 Å². The molecule has 2 N–H and O–H groups in total. The van der Waals surface area contributed by atoms with Gasteiger partial charge in [0.05, 0.1) is 17.4 Å². The van der Waals surface area contributed by atoms with Crippen molar-refractivity contribution in [1.29, 1.82) is 0 Å². The predicted molar refractivity (Wildman–Crippen MR) is 73.5 cm³/mol. The largest absolute Gasteiger partial charge is 0.478 e. The molecule has 0 unspecified atom stereocenters. The number of H-pyrrole nitrogens is 1. The quantitative estimate of drug-likeness (QED) is 0.848. The Labute approximate surface area is 123 Å². The molecule has 1 aliphatic rings. The summed E-state index contributed by atoms with van der Waals surface area (Å²) in [5.74, 6) is -1.34. The summed E-state index contributed by atoms with van der Waals surface area (Å²) in [6, 6.07) is 0. The van der Waals surface area contributed by atoms with Gasteiger partial charge in [-0.25, -0.2) is 13.2 Å². The van der Waals surface area contributed by atoms with Gasteiger partial charge in [0.15, 0.2) is 5.03 Å². The Hall–Kier alpha value is -1.45. The average molecular weight is 317 g/mol. The van der Waals surface area contributed by atoms with Gasteiger partial charge in [0.25, 0.3) is 10.0 Å². The molecule has 0 radical (unpaired) electrons. The minimum Gasteiger partial charge on any atom is -0.478 e. The zero-order chi connectivity index (χ0) is 16.1. The maximum atomic E-state index is 12.7. The topological polar surface area (TPSA) is 113 Å². The number of nitrogens with zero attached hydrogens (tertiary/aromatic N) is 2. The fraction of sp³-hybridized carbons (Fsp3) is 0.667. The van der Waals surface area contributed by atoms with Crippen LogP contribution in [0.4, 0.5) is 0 Å². The van der Waals surface area contributed by atoms with E-state index in [1.54, 1.807) is 27.7 Å². The minimum absolute atomic E-state index is 0.136. The van der Waals surface area contributed by atoms with Gasteiger partial charge in [0, 0.05) is 13.1 Å². The van der Waals surface area contributed by atoms with Crippen LogP contribution in [0.15, 0.2) is 11.2 Å². The van der Waals surface area contributed by atoms with E-state index in [0.29, 0.717) is 0 Å². The van der Waals surface area contributed by atoms with E-state index in [2.05, 4.69) is 10.2 Å². The highest BCUT2D eigenvalue weighted by Crippen LogP contribution is 2.31. The standard InChI is InChI=1S/C12H19N3O5S/c1-11(2)6-15(7-12(3,4)20-11)21(18,19)9-8(10(16)17)5-13-14-9/h5H,6-7H2,1-4H3,(H,13,14)(H,16,17). The second kappa shape index (κ2) is 4.79. The Morgan fingerprint density at radius 3 is 2.33 bits per heavy atom. The van der Waals surface area contributed by atoms with E-state index >= 15 is 0 Å². The highest BCUT2D eigenvalue weighted by molar-refractivity contribution is 7.89. The summed E-state index contributed by atoms with van der Waals surface area (Å²) in [7, 11) is -3.98. The number of carboxylic acids is 1. The first kappa shape index (κ1) is 15.9. The molecule has 1 aliphatic heterocycles. The molecule has 9 heteroatoms. The van der Waals surface area contributed by atoms with Gasteiger partial charge in [-0.3, -0.25) is 5.10 Å². The third kappa shape index (κ3) is 3.09. The van der Waals surface area contributed by atoms with Crippen LogP contribution in [0.3, 0.4) is 0 Å². The van der Waals surface area contributed by atoms with Crippen LogP contribution in [0.1, 0.15) is 38.1 Å². The number of carbonyl (C=O) groups is 1. The molecular weight excluding hydrogens is 298 g/mol. The molecule has 1 saturated heterocycles. The fourth-order valence-electron chi connectivity index (χ4n) is 2.64. The molecule has 0 spiro atoms. The van der Waals surface area contributed by atoms with Crippen molar-refractivity contribution in [2.45, 2.75) is 43.9 Å². The van der Waals surface area contributed by atoms with Crippen molar-refractivity contribution < 1.29 is 23.1 Å². The van der Waals surface area contributed by atoms with Gasteiger partial charge in [-0.15, -0.1) is 0 Å². The van der Waals surface area contributed by atoms with Gasteiger partial charge < -0.3 is 9.84 Å². The highest BCUT2D eigenvalue weighted by atomic mass is 32.2. The molecule has 1 aromatic heterocycles. The number of carboxylic acid groups (broad SMARTS) is 1. The number of aromatic nitrogens is 2. The van der Waals surface area contributed by atoms with Crippen molar-refractivity contribution in [3.05, 3.63) is 11.8 Å². The Morgan fingerprint density at radius 2 is 1.86 bits per heavy atom. The van der Waals surface area contributed by atoms with Crippen molar-refractivity contribution in [1.82, 2.24) is 14.5 Å². The normalized spacial score (nSPS) is 22.1. The van der Waals surface area contributed by atoms with Crippen molar-refractivity contribution in [3.8, 4) is 0 Å². The Balaban J connectivity index is 2.44. The number of aromatic carboxylic acids is 1. The Bertz CT molecular complexity index is 646.